The number of anilines is 1. The van der Waals surface area contributed by atoms with Crippen molar-refractivity contribution in [1.82, 2.24) is 15.3 Å². The van der Waals surface area contributed by atoms with Crippen LogP contribution in [0.1, 0.15) is 18.7 Å². The lowest BCUT2D eigenvalue weighted by Crippen LogP contribution is -2.35. The first-order valence-corrected chi connectivity index (χ1v) is 7.68. The summed E-state index contributed by atoms with van der Waals surface area (Å²) in [6, 6.07) is 2.07. The maximum atomic E-state index is 11.7. The molecule has 2 heterocycles. The highest BCUT2D eigenvalue weighted by Gasteiger charge is 2.15. The molecule has 108 valence electrons. The van der Waals surface area contributed by atoms with Gasteiger partial charge >= 0.3 is 0 Å². The summed E-state index contributed by atoms with van der Waals surface area (Å²) in [5.41, 5.74) is 0. The number of amides is 1. The molecule has 0 aromatic carbocycles. The van der Waals surface area contributed by atoms with E-state index in [1.165, 1.54) is 4.88 Å². The van der Waals surface area contributed by atoms with Gasteiger partial charge < -0.3 is 10.2 Å². The first-order valence-electron chi connectivity index (χ1n) is 6.49. The Hall–Kier alpha value is -1.40. The third kappa shape index (κ3) is 3.19. The second kappa shape index (κ2) is 6.37. The van der Waals surface area contributed by atoms with Gasteiger partial charge in [0.25, 0.3) is 0 Å². The quantitative estimate of drug-likeness (QED) is 0.862. The molecule has 0 atom stereocenters. The van der Waals surface area contributed by atoms with Crippen molar-refractivity contribution in [3.05, 3.63) is 16.2 Å². The van der Waals surface area contributed by atoms with E-state index in [1.807, 2.05) is 14.0 Å². The van der Waals surface area contributed by atoms with Crippen LogP contribution in [0.2, 0.25) is 5.28 Å². The molecule has 0 saturated carbocycles. The smallest absolute Gasteiger partial charge is 0.239 e. The molecule has 0 aliphatic carbocycles. The zero-order valence-corrected chi connectivity index (χ0v) is 13.3. The number of rotatable bonds is 5. The molecule has 0 radical (unpaired) electrons. The molecule has 2 aromatic heterocycles. The summed E-state index contributed by atoms with van der Waals surface area (Å²) >= 11 is 7.58. The van der Waals surface area contributed by atoms with Crippen molar-refractivity contribution in [2.45, 2.75) is 20.3 Å². The van der Waals surface area contributed by atoms with E-state index in [-0.39, 0.29) is 17.7 Å². The van der Waals surface area contributed by atoms with Crippen LogP contribution < -0.4 is 10.2 Å². The van der Waals surface area contributed by atoms with E-state index in [4.69, 9.17) is 11.6 Å². The Morgan fingerprint density at radius 3 is 2.85 bits per heavy atom. The average molecular weight is 313 g/mol. The van der Waals surface area contributed by atoms with Gasteiger partial charge in [0.2, 0.25) is 11.2 Å². The molecule has 0 spiro atoms. The normalized spacial score (nSPS) is 10.8. The van der Waals surface area contributed by atoms with E-state index in [0.29, 0.717) is 12.4 Å². The largest absolute Gasteiger partial charge is 0.355 e. The van der Waals surface area contributed by atoms with Gasteiger partial charge in [0.05, 0.1) is 11.9 Å². The Kier molecular flexibility index (Phi) is 4.77. The average Bonchev–Trinajstić information content (AvgIpc) is 2.80. The van der Waals surface area contributed by atoms with Crippen molar-refractivity contribution >= 4 is 44.9 Å². The van der Waals surface area contributed by atoms with Gasteiger partial charge in [0.15, 0.2) is 0 Å². The van der Waals surface area contributed by atoms with Crippen LogP contribution in [0.4, 0.5) is 5.82 Å². The van der Waals surface area contributed by atoms with Gasteiger partial charge in [0, 0.05) is 18.5 Å². The fourth-order valence-corrected chi connectivity index (χ4v) is 3.12. The third-order valence-corrected chi connectivity index (χ3v) is 4.20. The van der Waals surface area contributed by atoms with Crippen molar-refractivity contribution in [2.75, 3.05) is 25.0 Å². The minimum absolute atomic E-state index is 0.0381. The molecule has 0 saturated heterocycles. The number of fused-ring (bicyclic) bond motifs is 1. The molecular weight excluding hydrogens is 296 g/mol. The number of halogens is 1. The Bertz CT molecular complexity index is 628. The zero-order chi connectivity index (χ0) is 14.7. The van der Waals surface area contributed by atoms with Crippen molar-refractivity contribution < 1.29 is 4.79 Å². The molecule has 0 aliphatic rings. The molecule has 0 unspecified atom stereocenters. The van der Waals surface area contributed by atoms with Crippen molar-refractivity contribution in [1.29, 1.82) is 0 Å². The number of carbonyl (C=O) groups excluding carboxylic acids is 1. The highest BCUT2D eigenvalue weighted by molar-refractivity contribution is 7.18. The molecule has 20 heavy (non-hydrogen) atoms. The minimum atomic E-state index is -0.0381. The Labute approximate surface area is 127 Å². The molecule has 0 fully saturated rings. The first-order chi connectivity index (χ1) is 9.55. The van der Waals surface area contributed by atoms with Crippen LogP contribution >= 0.6 is 22.9 Å². The number of nitrogens with one attached hydrogen (secondary N) is 1. The van der Waals surface area contributed by atoms with E-state index >= 15 is 0 Å². The molecule has 1 N–H and O–H groups in total. The van der Waals surface area contributed by atoms with Gasteiger partial charge in [-0.25, -0.2) is 4.98 Å². The summed E-state index contributed by atoms with van der Waals surface area (Å²) in [6.07, 6.45) is 0.943. The molecule has 2 aromatic rings. The maximum absolute atomic E-state index is 11.7. The molecule has 2 rings (SSSR count). The minimum Gasteiger partial charge on any atom is -0.355 e. The van der Waals surface area contributed by atoms with Crippen molar-refractivity contribution in [3.8, 4) is 0 Å². The predicted molar refractivity (Wildman–Crippen MR) is 83.8 cm³/mol. The first kappa shape index (κ1) is 15.0. The highest BCUT2D eigenvalue weighted by Crippen LogP contribution is 2.31. The van der Waals surface area contributed by atoms with Gasteiger partial charge in [-0.2, -0.15) is 4.98 Å². The van der Waals surface area contributed by atoms with Gasteiger partial charge in [-0.05, 0) is 31.0 Å². The van der Waals surface area contributed by atoms with E-state index in [0.717, 1.165) is 16.6 Å². The van der Waals surface area contributed by atoms with Crippen LogP contribution in [0.5, 0.6) is 0 Å². The second-order valence-electron chi connectivity index (χ2n) is 4.41. The van der Waals surface area contributed by atoms with E-state index in [1.54, 1.807) is 16.2 Å². The SMILES string of the molecule is CCNC(=O)CN(C)c1nc(Cl)nc2sc(CC)cc12. The van der Waals surface area contributed by atoms with E-state index in [2.05, 4.69) is 28.3 Å². The summed E-state index contributed by atoms with van der Waals surface area (Å²) in [5, 5.41) is 3.93. The fourth-order valence-electron chi connectivity index (χ4n) is 1.94. The summed E-state index contributed by atoms with van der Waals surface area (Å²) in [7, 11) is 1.83. The van der Waals surface area contributed by atoms with Gasteiger partial charge in [0.1, 0.15) is 10.6 Å². The molecule has 0 bridgehead atoms. The molecular formula is C13H17ClN4OS. The second-order valence-corrected chi connectivity index (χ2v) is 5.86. The Morgan fingerprint density at radius 2 is 2.20 bits per heavy atom. The van der Waals surface area contributed by atoms with Crippen LogP contribution in [-0.2, 0) is 11.2 Å². The number of thiophene rings is 1. The zero-order valence-electron chi connectivity index (χ0n) is 11.7. The van der Waals surface area contributed by atoms with Gasteiger partial charge in [-0.3, -0.25) is 4.79 Å². The van der Waals surface area contributed by atoms with Crippen LogP contribution in [0.25, 0.3) is 10.2 Å². The van der Waals surface area contributed by atoms with Crippen LogP contribution in [0.3, 0.4) is 0 Å². The maximum Gasteiger partial charge on any atom is 0.239 e. The standard InChI is InChI=1S/C13H17ClN4OS/c1-4-8-6-9-11(16-13(14)17-12(9)20-8)18(3)7-10(19)15-5-2/h6H,4-5,7H2,1-3H3,(H,15,19). The fraction of sp³-hybridized carbons (Fsp3) is 0.462. The van der Waals surface area contributed by atoms with Crippen molar-refractivity contribution in [3.63, 3.8) is 0 Å². The lowest BCUT2D eigenvalue weighted by atomic mass is 10.3. The number of hydrogen-bond acceptors (Lipinski definition) is 5. The monoisotopic (exact) mass is 312 g/mol. The molecule has 0 aliphatic heterocycles. The Balaban J connectivity index is 2.36. The summed E-state index contributed by atoms with van der Waals surface area (Å²) in [6.45, 7) is 4.85. The molecule has 7 heteroatoms. The topological polar surface area (TPSA) is 58.1 Å². The Morgan fingerprint density at radius 1 is 1.45 bits per heavy atom. The van der Waals surface area contributed by atoms with E-state index in [9.17, 15) is 4.79 Å². The third-order valence-electron chi connectivity index (χ3n) is 2.86. The number of aromatic nitrogens is 2. The molecule has 1 amide bonds. The number of nitrogens with zero attached hydrogens (tertiary/aromatic N) is 3. The number of likely N-dealkylation sites (N-methyl/N-ethyl adjacent to an activating group) is 2. The van der Waals surface area contributed by atoms with Crippen LogP contribution in [0, 0.1) is 0 Å². The lowest BCUT2D eigenvalue weighted by molar-refractivity contribution is -0.119. The van der Waals surface area contributed by atoms with Gasteiger partial charge in [-0.1, -0.05) is 6.92 Å². The van der Waals surface area contributed by atoms with Crippen LogP contribution in [0.15, 0.2) is 6.07 Å². The van der Waals surface area contributed by atoms with Crippen molar-refractivity contribution in [2.24, 2.45) is 0 Å². The number of carbonyl (C=O) groups is 1. The summed E-state index contributed by atoms with van der Waals surface area (Å²) < 4.78 is 0. The van der Waals surface area contributed by atoms with Gasteiger partial charge in [-0.15, -0.1) is 11.3 Å². The lowest BCUT2D eigenvalue weighted by Gasteiger charge is -2.18. The number of hydrogen-bond donors (Lipinski definition) is 1. The van der Waals surface area contributed by atoms with Crippen LogP contribution in [-0.4, -0.2) is 36.0 Å². The highest BCUT2D eigenvalue weighted by atomic mass is 35.5. The molecule has 5 nitrogen and oxygen atoms in total. The number of aryl methyl sites for hydroxylation is 1. The summed E-state index contributed by atoms with van der Waals surface area (Å²) in [5.74, 6) is 0.658. The van der Waals surface area contributed by atoms with E-state index < -0.39 is 0 Å². The predicted octanol–water partition coefficient (Wildman–Crippen LogP) is 2.48. The summed E-state index contributed by atoms with van der Waals surface area (Å²) in [4.78, 5) is 24.1.